The van der Waals surface area contributed by atoms with Gasteiger partial charge in [0.1, 0.15) is 0 Å². The van der Waals surface area contributed by atoms with Gasteiger partial charge in [-0.15, -0.1) is 0 Å². The monoisotopic (exact) mass is 240 g/mol. The van der Waals surface area contributed by atoms with E-state index in [1.165, 1.54) is 12.1 Å². The fraction of sp³-hybridized carbons (Fsp3) is 0. The molecule has 0 unspecified atom stereocenters. The van der Waals surface area contributed by atoms with Crippen molar-refractivity contribution in [3.63, 3.8) is 0 Å². The Morgan fingerprint density at radius 1 is 1.17 bits per heavy atom. The summed E-state index contributed by atoms with van der Waals surface area (Å²) in [5, 5.41) is 15.7. The number of hydrogen-bond donors (Lipinski definition) is 0. The SMILES string of the molecule is O=[N+]([O-])c1ccc2c(cnn2-c2ccncc2)c1. The highest BCUT2D eigenvalue weighted by Gasteiger charge is 2.10. The van der Waals surface area contributed by atoms with E-state index in [1.54, 1.807) is 29.3 Å². The number of aromatic nitrogens is 3. The van der Waals surface area contributed by atoms with Crippen molar-refractivity contribution in [2.24, 2.45) is 0 Å². The third-order valence-corrected chi connectivity index (χ3v) is 2.67. The number of non-ortho nitro benzene ring substituents is 1. The van der Waals surface area contributed by atoms with Crippen LogP contribution >= 0.6 is 0 Å². The molecule has 0 spiro atoms. The number of benzene rings is 1. The van der Waals surface area contributed by atoms with Crippen molar-refractivity contribution in [2.45, 2.75) is 0 Å². The van der Waals surface area contributed by atoms with Crippen LogP contribution < -0.4 is 0 Å². The molecule has 0 amide bonds. The van der Waals surface area contributed by atoms with E-state index in [0.29, 0.717) is 0 Å². The van der Waals surface area contributed by atoms with Crippen molar-refractivity contribution in [1.29, 1.82) is 0 Å². The third-order valence-electron chi connectivity index (χ3n) is 2.67. The lowest BCUT2D eigenvalue weighted by Gasteiger charge is -2.02. The highest BCUT2D eigenvalue weighted by atomic mass is 16.6. The molecule has 2 aromatic heterocycles. The van der Waals surface area contributed by atoms with Gasteiger partial charge in [0.25, 0.3) is 5.69 Å². The van der Waals surface area contributed by atoms with Crippen LogP contribution in [0.4, 0.5) is 5.69 Å². The van der Waals surface area contributed by atoms with Crippen LogP contribution in [0.2, 0.25) is 0 Å². The average Bonchev–Trinajstić information content (AvgIpc) is 2.82. The molecule has 0 bridgehead atoms. The van der Waals surface area contributed by atoms with Crippen LogP contribution in [-0.4, -0.2) is 19.7 Å². The van der Waals surface area contributed by atoms with Crippen molar-refractivity contribution in [3.05, 3.63) is 59.0 Å². The predicted molar refractivity (Wildman–Crippen MR) is 65.5 cm³/mol. The molecule has 0 aliphatic heterocycles. The molecule has 6 nitrogen and oxygen atoms in total. The molecule has 0 radical (unpaired) electrons. The topological polar surface area (TPSA) is 73.8 Å². The van der Waals surface area contributed by atoms with Gasteiger partial charge in [-0.05, 0) is 18.2 Å². The van der Waals surface area contributed by atoms with Crippen molar-refractivity contribution < 1.29 is 4.92 Å². The zero-order chi connectivity index (χ0) is 12.5. The van der Waals surface area contributed by atoms with Crippen LogP contribution in [0.15, 0.2) is 48.9 Å². The molecular formula is C12H8N4O2. The first-order chi connectivity index (χ1) is 8.75. The zero-order valence-corrected chi connectivity index (χ0v) is 9.22. The summed E-state index contributed by atoms with van der Waals surface area (Å²) < 4.78 is 1.72. The van der Waals surface area contributed by atoms with Crippen LogP contribution in [-0.2, 0) is 0 Å². The second-order valence-electron chi connectivity index (χ2n) is 3.76. The summed E-state index contributed by atoms with van der Waals surface area (Å²) in [5.74, 6) is 0. The lowest BCUT2D eigenvalue weighted by molar-refractivity contribution is -0.384. The first-order valence-electron chi connectivity index (χ1n) is 5.28. The number of rotatable bonds is 2. The molecule has 3 aromatic rings. The van der Waals surface area contributed by atoms with Crippen molar-refractivity contribution in [2.75, 3.05) is 0 Å². The fourth-order valence-electron chi connectivity index (χ4n) is 1.82. The van der Waals surface area contributed by atoms with E-state index in [9.17, 15) is 10.1 Å². The lowest BCUT2D eigenvalue weighted by atomic mass is 10.2. The van der Waals surface area contributed by atoms with Crippen LogP contribution in [0.3, 0.4) is 0 Å². The van der Waals surface area contributed by atoms with Crippen molar-refractivity contribution >= 4 is 16.6 Å². The predicted octanol–water partition coefficient (Wildman–Crippen LogP) is 2.33. The van der Waals surface area contributed by atoms with Gasteiger partial charge in [-0.25, -0.2) is 4.68 Å². The van der Waals surface area contributed by atoms with Gasteiger partial charge in [-0.3, -0.25) is 15.1 Å². The van der Waals surface area contributed by atoms with E-state index in [1.807, 2.05) is 12.1 Å². The van der Waals surface area contributed by atoms with Gasteiger partial charge in [-0.2, -0.15) is 5.10 Å². The summed E-state index contributed by atoms with van der Waals surface area (Å²) in [6, 6.07) is 8.34. The molecule has 88 valence electrons. The number of nitro groups is 1. The molecule has 0 fully saturated rings. The van der Waals surface area contributed by atoms with Crippen LogP contribution in [0, 0.1) is 10.1 Å². The van der Waals surface area contributed by atoms with Gasteiger partial charge in [0.15, 0.2) is 0 Å². The Hall–Kier alpha value is -2.76. The highest BCUT2D eigenvalue weighted by molar-refractivity contribution is 5.82. The Balaban J connectivity index is 2.19. The van der Waals surface area contributed by atoms with Gasteiger partial charge in [0, 0.05) is 29.9 Å². The molecule has 0 aliphatic rings. The van der Waals surface area contributed by atoms with E-state index >= 15 is 0 Å². The number of fused-ring (bicyclic) bond motifs is 1. The number of nitrogens with zero attached hydrogens (tertiary/aromatic N) is 4. The summed E-state index contributed by atoms with van der Waals surface area (Å²) in [5.41, 5.74) is 1.76. The van der Waals surface area contributed by atoms with E-state index in [2.05, 4.69) is 10.1 Å². The molecule has 0 atom stereocenters. The Morgan fingerprint density at radius 2 is 1.94 bits per heavy atom. The van der Waals surface area contributed by atoms with Gasteiger partial charge >= 0.3 is 0 Å². The molecule has 2 heterocycles. The lowest BCUT2D eigenvalue weighted by Crippen LogP contribution is -1.95. The minimum Gasteiger partial charge on any atom is -0.265 e. The molecule has 3 rings (SSSR count). The van der Waals surface area contributed by atoms with Crippen LogP contribution in [0.5, 0.6) is 0 Å². The Bertz CT molecular complexity index is 721. The molecule has 0 aliphatic carbocycles. The van der Waals surface area contributed by atoms with Gasteiger partial charge in [-0.1, -0.05) is 0 Å². The van der Waals surface area contributed by atoms with Crippen LogP contribution in [0.1, 0.15) is 0 Å². The minimum atomic E-state index is -0.413. The largest absolute Gasteiger partial charge is 0.270 e. The van der Waals surface area contributed by atoms with Crippen molar-refractivity contribution in [1.82, 2.24) is 14.8 Å². The molecular weight excluding hydrogens is 232 g/mol. The van der Waals surface area contributed by atoms with Crippen molar-refractivity contribution in [3.8, 4) is 5.69 Å². The second-order valence-corrected chi connectivity index (χ2v) is 3.76. The first kappa shape index (κ1) is 10.4. The second kappa shape index (κ2) is 3.92. The van der Waals surface area contributed by atoms with Gasteiger partial charge in [0.2, 0.25) is 0 Å². The molecule has 18 heavy (non-hydrogen) atoms. The van der Waals surface area contributed by atoms with E-state index < -0.39 is 4.92 Å². The maximum absolute atomic E-state index is 10.7. The summed E-state index contributed by atoms with van der Waals surface area (Å²) >= 11 is 0. The fourth-order valence-corrected chi connectivity index (χ4v) is 1.82. The normalized spacial score (nSPS) is 10.7. The standard InChI is InChI=1S/C12H8N4O2/c17-16(18)11-1-2-12-9(7-11)8-14-15(12)10-3-5-13-6-4-10/h1-8H. The minimum absolute atomic E-state index is 0.0665. The Morgan fingerprint density at radius 3 is 2.67 bits per heavy atom. The molecule has 0 N–H and O–H groups in total. The maximum Gasteiger partial charge on any atom is 0.270 e. The number of hydrogen-bond acceptors (Lipinski definition) is 4. The van der Waals surface area contributed by atoms with Crippen LogP contribution in [0.25, 0.3) is 16.6 Å². The van der Waals surface area contributed by atoms with Gasteiger partial charge < -0.3 is 0 Å². The molecule has 6 heteroatoms. The average molecular weight is 240 g/mol. The van der Waals surface area contributed by atoms with E-state index in [0.717, 1.165) is 16.6 Å². The molecule has 0 saturated heterocycles. The highest BCUT2D eigenvalue weighted by Crippen LogP contribution is 2.22. The quantitative estimate of drug-likeness (QED) is 0.509. The first-order valence-corrected chi connectivity index (χ1v) is 5.28. The summed E-state index contributed by atoms with van der Waals surface area (Å²) in [4.78, 5) is 14.2. The Kier molecular flexibility index (Phi) is 2.26. The smallest absolute Gasteiger partial charge is 0.265 e. The maximum atomic E-state index is 10.7. The number of nitro benzene ring substituents is 1. The summed E-state index contributed by atoms with van der Waals surface area (Å²) in [6.07, 6.45) is 4.96. The summed E-state index contributed by atoms with van der Waals surface area (Å²) in [6.45, 7) is 0. The Labute approximate surface area is 102 Å². The molecule has 1 aromatic carbocycles. The summed E-state index contributed by atoms with van der Waals surface area (Å²) in [7, 11) is 0. The third kappa shape index (κ3) is 1.60. The zero-order valence-electron chi connectivity index (χ0n) is 9.22. The van der Waals surface area contributed by atoms with E-state index in [-0.39, 0.29) is 5.69 Å². The molecule has 0 saturated carbocycles. The van der Waals surface area contributed by atoms with E-state index in [4.69, 9.17) is 0 Å². The van der Waals surface area contributed by atoms with Gasteiger partial charge in [0.05, 0.1) is 22.3 Å². The number of pyridine rings is 1.